The highest BCUT2D eigenvalue weighted by Crippen LogP contribution is 2.10. The van der Waals surface area contributed by atoms with Crippen LogP contribution in [0, 0.1) is 5.92 Å². The van der Waals surface area contributed by atoms with Crippen molar-refractivity contribution in [3.63, 3.8) is 0 Å². The molecule has 0 saturated carbocycles. The van der Waals surface area contributed by atoms with E-state index in [0.717, 1.165) is 25.7 Å². The number of allylic oxidation sites excluding steroid dienone is 1. The van der Waals surface area contributed by atoms with Gasteiger partial charge in [0.05, 0.1) is 0 Å². The van der Waals surface area contributed by atoms with Gasteiger partial charge in [0.15, 0.2) is 0 Å². The van der Waals surface area contributed by atoms with Crippen molar-refractivity contribution in [3.8, 4) is 0 Å². The van der Waals surface area contributed by atoms with Gasteiger partial charge in [0.1, 0.15) is 5.78 Å². The number of carbonyl (C=O) groups is 1. The Balaban J connectivity index is 3.70. The summed E-state index contributed by atoms with van der Waals surface area (Å²) in [4.78, 5) is 11.5. The van der Waals surface area contributed by atoms with E-state index in [1.807, 2.05) is 6.08 Å². The van der Waals surface area contributed by atoms with Gasteiger partial charge in [-0.1, -0.05) is 19.4 Å². The van der Waals surface area contributed by atoms with Crippen LogP contribution < -0.4 is 5.73 Å². The summed E-state index contributed by atoms with van der Waals surface area (Å²) in [6.45, 7) is 6.21. The monoisotopic (exact) mass is 183 g/mol. The molecule has 0 spiro atoms. The second-order valence-corrected chi connectivity index (χ2v) is 3.37. The average Bonchev–Trinajstić information content (AvgIpc) is 2.14. The Morgan fingerprint density at radius 2 is 2.31 bits per heavy atom. The molecule has 0 saturated heterocycles. The predicted octanol–water partition coefficient (Wildman–Crippen LogP) is 2.29. The van der Waals surface area contributed by atoms with Crippen LogP contribution in [0.4, 0.5) is 0 Å². The summed E-state index contributed by atoms with van der Waals surface area (Å²) in [6, 6.07) is 0. The normalized spacial score (nSPS) is 12.5. The van der Waals surface area contributed by atoms with E-state index in [2.05, 4.69) is 13.5 Å². The second kappa shape index (κ2) is 7.99. The quantitative estimate of drug-likeness (QED) is 0.463. The molecule has 0 aliphatic rings. The molecule has 0 aromatic heterocycles. The summed E-state index contributed by atoms with van der Waals surface area (Å²) in [5.74, 6) is 0.418. The second-order valence-electron chi connectivity index (χ2n) is 3.37. The predicted molar refractivity (Wildman–Crippen MR) is 56.5 cm³/mol. The number of unbranched alkanes of at least 4 members (excludes halogenated alkanes) is 1. The first-order valence-corrected chi connectivity index (χ1v) is 5.09. The van der Waals surface area contributed by atoms with Gasteiger partial charge in [0, 0.05) is 18.9 Å². The fraction of sp³-hybridized carbons (Fsp3) is 0.727. The maximum Gasteiger partial charge on any atom is 0.137 e. The molecule has 2 nitrogen and oxygen atoms in total. The maximum atomic E-state index is 11.5. The summed E-state index contributed by atoms with van der Waals surface area (Å²) in [7, 11) is 0. The van der Waals surface area contributed by atoms with Crippen LogP contribution >= 0.6 is 0 Å². The van der Waals surface area contributed by atoms with Crippen LogP contribution in [0.1, 0.15) is 39.0 Å². The molecule has 0 aliphatic carbocycles. The van der Waals surface area contributed by atoms with Crippen molar-refractivity contribution < 1.29 is 4.79 Å². The average molecular weight is 183 g/mol. The Bertz CT molecular complexity index is 154. The van der Waals surface area contributed by atoms with Gasteiger partial charge in [-0.15, -0.1) is 6.58 Å². The van der Waals surface area contributed by atoms with E-state index in [1.165, 1.54) is 0 Å². The van der Waals surface area contributed by atoms with Crippen LogP contribution in [0.3, 0.4) is 0 Å². The molecule has 0 fully saturated rings. The lowest BCUT2D eigenvalue weighted by Gasteiger charge is -2.11. The number of carbonyl (C=O) groups excluding carboxylic acids is 1. The number of rotatable bonds is 8. The van der Waals surface area contributed by atoms with Gasteiger partial charge in [-0.3, -0.25) is 4.79 Å². The van der Waals surface area contributed by atoms with Crippen molar-refractivity contribution in [2.45, 2.75) is 39.0 Å². The van der Waals surface area contributed by atoms with E-state index in [1.54, 1.807) is 0 Å². The maximum absolute atomic E-state index is 11.5. The van der Waals surface area contributed by atoms with E-state index in [4.69, 9.17) is 5.73 Å². The van der Waals surface area contributed by atoms with Crippen LogP contribution in [0.5, 0.6) is 0 Å². The molecule has 0 aromatic rings. The number of hydrogen-bond acceptors (Lipinski definition) is 2. The molecule has 0 bridgehead atoms. The van der Waals surface area contributed by atoms with Gasteiger partial charge in [-0.25, -0.2) is 0 Å². The molecule has 13 heavy (non-hydrogen) atoms. The van der Waals surface area contributed by atoms with Gasteiger partial charge in [0.2, 0.25) is 0 Å². The largest absolute Gasteiger partial charge is 0.330 e. The fourth-order valence-corrected chi connectivity index (χ4v) is 1.38. The summed E-state index contributed by atoms with van der Waals surface area (Å²) < 4.78 is 0. The molecule has 2 heteroatoms. The zero-order valence-corrected chi connectivity index (χ0v) is 8.59. The van der Waals surface area contributed by atoms with Crippen molar-refractivity contribution in [2.24, 2.45) is 11.7 Å². The zero-order chi connectivity index (χ0) is 10.1. The van der Waals surface area contributed by atoms with Gasteiger partial charge < -0.3 is 5.73 Å². The van der Waals surface area contributed by atoms with E-state index in [0.29, 0.717) is 18.7 Å². The summed E-state index contributed by atoms with van der Waals surface area (Å²) in [5.41, 5.74) is 5.52. The SMILES string of the molecule is C=CCCCC(=O)C(CN)CCC. The van der Waals surface area contributed by atoms with E-state index >= 15 is 0 Å². The lowest BCUT2D eigenvalue weighted by Crippen LogP contribution is -2.23. The smallest absolute Gasteiger partial charge is 0.137 e. The first-order valence-electron chi connectivity index (χ1n) is 5.09. The van der Waals surface area contributed by atoms with E-state index in [-0.39, 0.29) is 5.92 Å². The third-order valence-electron chi connectivity index (χ3n) is 2.21. The third kappa shape index (κ3) is 5.58. The first kappa shape index (κ1) is 12.4. The molecular formula is C11H21NO. The van der Waals surface area contributed by atoms with Crippen molar-refractivity contribution in [1.82, 2.24) is 0 Å². The van der Waals surface area contributed by atoms with Gasteiger partial charge in [-0.05, 0) is 19.3 Å². The molecular weight excluding hydrogens is 162 g/mol. The summed E-state index contributed by atoms with van der Waals surface area (Å²) >= 11 is 0. The van der Waals surface area contributed by atoms with Crippen molar-refractivity contribution in [1.29, 1.82) is 0 Å². The Kier molecular flexibility index (Phi) is 7.60. The highest BCUT2D eigenvalue weighted by atomic mass is 16.1. The molecule has 0 heterocycles. The lowest BCUT2D eigenvalue weighted by molar-refractivity contribution is -0.122. The van der Waals surface area contributed by atoms with Crippen LogP contribution in [0.15, 0.2) is 12.7 Å². The molecule has 2 N–H and O–H groups in total. The lowest BCUT2D eigenvalue weighted by atomic mass is 9.95. The highest BCUT2D eigenvalue weighted by Gasteiger charge is 2.14. The Morgan fingerprint density at radius 3 is 2.77 bits per heavy atom. The Labute approximate surface area is 81.2 Å². The van der Waals surface area contributed by atoms with Gasteiger partial charge in [0.25, 0.3) is 0 Å². The summed E-state index contributed by atoms with van der Waals surface area (Å²) in [5, 5.41) is 0. The van der Waals surface area contributed by atoms with Crippen molar-refractivity contribution >= 4 is 5.78 Å². The molecule has 0 amide bonds. The standard InChI is InChI=1S/C11H21NO/c1-3-5-6-8-11(13)10(9-12)7-4-2/h3,10H,1,4-9,12H2,2H3. The number of ketones is 1. The highest BCUT2D eigenvalue weighted by molar-refractivity contribution is 5.81. The molecule has 76 valence electrons. The van der Waals surface area contributed by atoms with Crippen LogP contribution in [-0.4, -0.2) is 12.3 Å². The minimum Gasteiger partial charge on any atom is -0.330 e. The minimum absolute atomic E-state index is 0.0924. The number of nitrogens with two attached hydrogens (primary N) is 1. The van der Waals surface area contributed by atoms with Crippen molar-refractivity contribution in [3.05, 3.63) is 12.7 Å². The van der Waals surface area contributed by atoms with Gasteiger partial charge in [-0.2, -0.15) is 0 Å². The first-order chi connectivity index (χ1) is 6.26. The van der Waals surface area contributed by atoms with Crippen LogP contribution in [0.25, 0.3) is 0 Å². The molecule has 0 radical (unpaired) electrons. The van der Waals surface area contributed by atoms with Crippen LogP contribution in [0.2, 0.25) is 0 Å². The molecule has 1 unspecified atom stereocenters. The third-order valence-corrected chi connectivity index (χ3v) is 2.21. The fourth-order valence-electron chi connectivity index (χ4n) is 1.38. The topological polar surface area (TPSA) is 43.1 Å². The van der Waals surface area contributed by atoms with Gasteiger partial charge >= 0.3 is 0 Å². The minimum atomic E-state index is 0.0924. The van der Waals surface area contributed by atoms with Crippen molar-refractivity contribution in [2.75, 3.05) is 6.54 Å². The van der Waals surface area contributed by atoms with Crippen LogP contribution in [-0.2, 0) is 4.79 Å². The van der Waals surface area contributed by atoms with E-state index in [9.17, 15) is 4.79 Å². The number of Topliss-reactive ketones (excluding diaryl/α,β-unsaturated/α-hetero) is 1. The Hall–Kier alpha value is -0.630. The Morgan fingerprint density at radius 1 is 1.62 bits per heavy atom. The molecule has 0 aliphatic heterocycles. The zero-order valence-electron chi connectivity index (χ0n) is 8.59. The summed E-state index contributed by atoms with van der Waals surface area (Å²) in [6.07, 6.45) is 6.33. The molecule has 0 aromatic carbocycles. The number of hydrogen-bond donors (Lipinski definition) is 1. The molecule has 1 atom stereocenters. The van der Waals surface area contributed by atoms with E-state index < -0.39 is 0 Å². The molecule has 0 rings (SSSR count).